The number of benzene rings is 1. The smallest absolute Gasteiger partial charge is 0.246 e. The number of alkyl halides is 1. The number of aliphatic hydroxyl groups is 1. The topological polar surface area (TPSA) is 109 Å². The van der Waals surface area contributed by atoms with Crippen LogP contribution in [-0.2, 0) is 16.4 Å². The number of sulfonamides is 1. The molecule has 0 unspecified atom stereocenters. The van der Waals surface area contributed by atoms with Gasteiger partial charge in [-0.3, -0.25) is 0 Å². The van der Waals surface area contributed by atoms with Crippen LogP contribution in [0.1, 0.15) is 49.3 Å². The van der Waals surface area contributed by atoms with Gasteiger partial charge in [-0.05, 0) is 73.8 Å². The summed E-state index contributed by atoms with van der Waals surface area (Å²) >= 11 is 0. The molecule has 3 N–H and O–H groups in total. The van der Waals surface area contributed by atoms with Gasteiger partial charge in [-0.2, -0.15) is 5.10 Å². The van der Waals surface area contributed by atoms with Crippen LogP contribution in [0.25, 0.3) is 5.65 Å². The minimum absolute atomic E-state index is 0.0538. The maximum atomic E-state index is 15.1. The number of nitrogens with one attached hydrogen (secondary N) is 2. The standard InChI is InChI=1S/C23H27F2N5O3S/c24-17-2-3-18-16(11-17)1-4-19(18)29-34(32,33)20-12-27-30-10-7-21(28-22(20)30)26-14-23(25)8-5-15(13-31)6-9-23/h2-3,7,10-12,15,19,29,31H,1,4-6,8-9,13-14H2,(H,26,28)/t15?,19-,23?/m0/s1. The fourth-order valence-corrected chi connectivity index (χ4v) is 6.21. The van der Waals surface area contributed by atoms with Crippen molar-refractivity contribution in [3.63, 3.8) is 0 Å². The molecule has 2 heterocycles. The van der Waals surface area contributed by atoms with Crippen LogP contribution in [0.2, 0.25) is 0 Å². The van der Waals surface area contributed by atoms with Crippen LogP contribution in [0.15, 0.2) is 41.6 Å². The van der Waals surface area contributed by atoms with E-state index in [1.165, 1.54) is 22.8 Å². The zero-order valence-electron chi connectivity index (χ0n) is 18.5. The van der Waals surface area contributed by atoms with E-state index >= 15 is 4.39 Å². The van der Waals surface area contributed by atoms with Crippen molar-refractivity contribution in [3.05, 3.63) is 53.6 Å². The molecule has 0 saturated heterocycles. The molecule has 0 spiro atoms. The molecule has 8 nitrogen and oxygen atoms in total. The third-order valence-electron chi connectivity index (χ3n) is 6.95. The quantitative estimate of drug-likeness (QED) is 0.469. The molecule has 0 aliphatic heterocycles. The predicted octanol–water partition coefficient (Wildman–Crippen LogP) is 3.14. The molecule has 182 valence electrons. The summed E-state index contributed by atoms with van der Waals surface area (Å²) in [6.45, 7) is 0.135. The summed E-state index contributed by atoms with van der Waals surface area (Å²) < 4.78 is 59.1. The zero-order chi connectivity index (χ0) is 23.9. The number of rotatable bonds is 7. The van der Waals surface area contributed by atoms with E-state index in [9.17, 15) is 17.9 Å². The highest BCUT2D eigenvalue weighted by Gasteiger charge is 2.35. The summed E-state index contributed by atoms with van der Waals surface area (Å²) in [4.78, 5) is 4.31. The Morgan fingerprint density at radius 1 is 1.21 bits per heavy atom. The number of fused-ring (bicyclic) bond motifs is 2. The van der Waals surface area contributed by atoms with Gasteiger partial charge < -0.3 is 10.4 Å². The van der Waals surface area contributed by atoms with E-state index in [1.54, 1.807) is 18.3 Å². The van der Waals surface area contributed by atoms with E-state index in [0.29, 0.717) is 44.3 Å². The molecular formula is C23H27F2N5O3S. The molecule has 1 aromatic carbocycles. The number of aromatic nitrogens is 3. The summed E-state index contributed by atoms with van der Waals surface area (Å²) in [6.07, 6.45) is 5.92. The van der Waals surface area contributed by atoms with Gasteiger partial charge in [0.2, 0.25) is 10.0 Å². The Balaban J connectivity index is 1.33. The molecule has 0 radical (unpaired) electrons. The molecular weight excluding hydrogens is 464 g/mol. The van der Waals surface area contributed by atoms with Crippen molar-refractivity contribution in [2.75, 3.05) is 18.5 Å². The Bertz CT molecular complexity index is 1310. The van der Waals surface area contributed by atoms with Gasteiger partial charge in [0, 0.05) is 18.8 Å². The van der Waals surface area contributed by atoms with Gasteiger partial charge in [0.1, 0.15) is 22.2 Å². The third kappa shape index (κ3) is 4.51. The summed E-state index contributed by atoms with van der Waals surface area (Å²) in [5, 5.41) is 16.4. The SMILES string of the molecule is O=S(=O)(N[C@H]1CCc2cc(F)ccc21)c1cnn2ccc(NCC3(F)CCC(CO)CC3)nc12. The highest BCUT2D eigenvalue weighted by Crippen LogP contribution is 2.35. The lowest BCUT2D eigenvalue weighted by molar-refractivity contribution is 0.0747. The van der Waals surface area contributed by atoms with Crippen molar-refractivity contribution in [1.29, 1.82) is 0 Å². The van der Waals surface area contributed by atoms with Gasteiger partial charge >= 0.3 is 0 Å². The van der Waals surface area contributed by atoms with Crippen LogP contribution in [-0.4, -0.2) is 46.9 Å². The van der Waals surface area contributed by atoms with Gasteiger partial charge in [0.15, 0.2) is 5.65 Å². The van der Waals surface area contributed by atoms with Gasteiger partial charge in [-0.1, -0.05) is 6.07 Å². The van der Waals surface area contributed by atoms with Gasteiger partial charge in [0.05, 0.1) is 12.7 Å². The number of hydrogen-bond donors (Lipinski definition) is 3. The summed E-state index contributed by atoms with van der Waals surface area (Å²) in [6, 6.07) is 5.54. The maximum Gasteiger partial charge on any atom is 0.246 e. The Kier molecular flexibility index (Phi) is 6.03. The van der Waals surface area contributed by atoms with Gasteiger partial charge in [-0.25, -0.2) is 31.4 Å². The number of halogens is 2. The maximum absolute atomic E-state index is 15.1. The number of hydrogen-bond acceptors (Lipinski definition) is 6. The Labute approximate surface area is 196 Å². The highest BCUT2D eigenvalue weighted by atomic mass is 32.2. The van der Waals surface area contributed by atoms with Crippen LogP contribution in [0.3, 0.4) is 0 Å². The van der Waals surface area contributed by atoms with E-state index < -0.39 is 21.7 Å². The van der Waals surface area contributed by atoms with Crippen LogP contribution >= 0.6 is 0 Å². The van der Waals surface area contributed by atoms with E-state index in [-0.39, 0.29) is 35.4 Å². The lowest BCUT2D eigenvalue weighted by Gasteiger charge is -2.33. The average Bonchev–Trinajstić information content (AvgIpc) is 3.42. The molecule has 34 heavy (non-hydrogen) atoms. The second-order valence-corrected chi connectivity index (χ2v) is 11.0. The van der Waals surface area contributed by atoms with Crippen molar-refractivity contribution in [2.45, 2.75) is 55.1 Å². The molecule has 1 fully saturated rings. The van der Waals surface area contributed by atoms with Crippen molar-refractivity contribution in [2.24, 2.45) is 5.92 Å². The molecule has 5 rings (SSSR count). The lowest BCUT2D eigenvalue weighted by atomic mass is 9.80. The first-order valence-electron chi connectivity index (χ1n) is 11.4. The number of anilines is 1. The molecule has 2 aliphatic carbocycles. The number of aliphatic hydroxyl groups excluding tert-OH is 1. The molecule has 1 atom stereocenters. The first-order chi connectivity index (χ1) is 16.3. The number of aryl methyl sites for hydroxylation is 1. The Morgan fingerprint density at radius 2 is 2.00 bits per heavy atom. The second kappa shape index (κ2) is 8.86. The minimum atomic E-state index is -3.97. The normalized spacial score (nSPS) is 24.9. The monoisotopic (exact) mass is 491 g/mol. The lowest BCUT2D eigenvalue weighted by Crippen LogP contribution is -2.37. The van der Waals surface area contributed by atoms with Crippen LogP contribution in [0, 0.1) is 11.7 Å². The highest BCUT2D eigenvalue weighted by molar-refractivity contribution is 7.89. The first kappa shape index (κ1) is 23.1. The average molecular weight is 492 g/mol. The molecule has 2 aliphatic rings. The summed E-state index contributed by atoms with van der Waals surface area (Å²) in [5.74, 6) is 0.161. The van der Waals surface area contributed by atoms with Crippen LogP contribution < -0.4 is 10.0 Å². The van der Waals surface area contributed by atoms with Crippen molar-refractivity contribution >= 4 is 21.5 Å². The fraction of sp³-hybridized carbons (Fsp3) is 0.478. The predicted molar refractivity (Wildman–Crippen MR) is 122 cm³/mol. The molecule has 1 saturated carbocycles. The molecule has 2 aromatic heterocycles. The van der Waals surface area contributed by atoms with Gasteiger partial charge in [-0.15, -0.1) is 0 Å². The summed E-state index contributed by atoms with van der Waals surface area (Å²) in [7, 11) is -3.97. The second-order valence-electron chi connectivity index (χ2n) is 9.28. The molecule has 0 bridgehead atoms. The van der Waals surface area contributed by atoms with Gasteiger partial charge in [0.25, 0.3) is 0 Å². The Morgan fingerprint density at radius 3 is 2.76 bits per heavy atom. The fourth-order valence-electron chi connectivity index (χ4n) is 4.90. The first-order valence-corrected chi connectivity index (χ1v) is 12.9. The van der Waals surface area contributed by atoms with E-state index in [1.807, 2.05) is 0 Å². The zero-order valence-corrected chi connectivity index (χ0v) is 19.4. The van der Waals surface area contributed by atoms with E-state index in [0.717, 1.165) is 11.1 Å². The Hall–Kier alpha value is -2.63. The van der Waals surface area contributed by atoms with Crippen molar-refractivity contribution < 1.29 is 22.3 Å². The van der Waals surface area contributed by atoms with Crippen molar-refractivity contribution in [1.82, 2.24) is 19.3 Å². The molecule has 11 heteroatoms. The van der Waals surface area contributed by atoms with E-state index in [4.69, 9.17) is 0 Å². The van der Waals surface area contributed by atoms with Crippen LogP contribution in [0.5, 0.6) is 0 Å². The largest absolute Gasteiger partial charge is 0.396 e. The van der Waals surface area contributed by atoms with Crippen LogP contribution in [0.4, 0.5) is 14.6 Å². The third-order valence-corrected chi connectivity index (χ3v) is 8.41. The van der Waals surface area contributed by atoms with E-state index in [2.05, 4.69) is 20.1 Å². The van der Waals surface area contributed by atoms with Crippen molar-refractivity contribution in [3.8, 4) is 0 Å². The summed E-state index contributed by atoms with van der Waals surface area (Å²) in [5.41, 5.74) is 0.295. The minimum Gasteiger partial charge on any atom is -0.396 e. The molecule has 3 aromatic rings. The molecule has 0 amide bonds. The number of nitrogens with zero attached hydrogens (tertiary/aromatic N) is 3.